The molecule has 1 unspecified atom stereocenters. The maximum atomic E-state index is 13.6. The summed E-state index contributed by atoms with van der Waals surface area (Å²) in [6, 6.07) is 2.56. The summed E-state index contributed by atoms with van der Waals surface area (Å²) in [5.74, 6) is -1.11. The van der Waals surface area contributed by atoms with E-state index in [1.165, 1.54) is 13.0 Å². The highest BCUT2D eigenvalue weighted by Crippen LogP contribution is 2.29. The van der Waals surface area contributed by atoms with Gasteiger partial charge in [-0.05, 0) is 12.1 Å². The summed E-state index contributed by atoms with van der Waals surface area (Å²) in [5, 5.41) is 22.8. The number of benzene rings is 1. The number of carbonyl (C=O) groups is 1. The lowest BCUT2D eigenvalue weighted by molar-refractivity contribution is -0.114. The zero-order valence-corrected chi connectivity index (χ0v) is 10.5. The van der Waals surface area contributed by atoms with Crippen LogP contribution in [0.2, 0.25) is 5.02 Å². The van der Waals surface area contributed by atoms with Crippen LogP contribution in [0.1, 0.15) is 6.92 Å². The molecule has 5 nitrogen and oxygen atoms in total. The first-order valence-corrected chi connectivity index (χ1v) is 5.61. The second-order valence-electron chi connectivity index (χ2n) is 3.71. The van der Waals surface area contributed by atoms with Crippen LogP contribution in [0.4, 0.5) is 15.8 Å². The maximum Gasteiger partial charge on any atom is 0.221 e. The van der Waals surface area contributed by atoms with Crippen molar-refractivity contribution in [3.05, 3.63) is 23.0 Å². The molecule has 0 aliphatic carbocycles. The van der Waals surface area contributed by atoms with E-state index in [-0.39, 0.29) is 17.3 Å². The fraction of sp³-hybridized carbons (Fsp3) is 0.364. The van der Waals surface area contributed by atoms with Crippen LogP contribution in [-0.2, 0) is 4.79 Å². The molecule has 0 aliphatic rings. The monoisotopic (exact) mass is 276 g/mol. The Balaban J connectivity index is 2.82. The van der Waals surface area contributed by atoms with Crippen molar-refractivity contribution in [3.8, 4) is 0 Å². The van der Waals surface area contributed by atoms with Crippen molar-refractivity contribution in [1.29, 1.82) is 0 Å². The van der Waals surface area contributed by atoms with Gasteiger partial charge in [-0.25, -0.2) is 4.39 Å². The number of aliphatic hydroxyl groups excluding tert-OH is 2. The van der Waals surface area contributed by atoms with Crippen molar-refractivity contribution < 1.29 is 19.4 Å². The number of nitrogens with one attached hydrogen (secondary N) is 2. The largest absolute Gasteiger partial charge is 0.394 e. The van der Waals surface area contributed by atoms with Crippen LogP contribution < -0.4 is 10.6 Å². The highest BCUT2D eigenvalue weighted by atomic mass is 35.5. The lowest BCUT2D eigenvalue weighted by Gasteiger charge is -2.13. The number of aliphatic hydroxyl groups is 2. The highest BCUT2D eigenvalue weighted by molar-refractivity contribution is 6.34. The second kappa shape index (κ2) is 6.53. The molecule has 1 amide bonds. The van der Waals surface area contributed by atoms with Crippen LogP contribution >= 0.6 is 11.6 Å². The average Bonchev–Trinajstić information content (AvgIpc) is 2.30. The molecule has 0 saturated heterocycles. The molecule has 18 heavy (non-hydrogen) atoms. The quantitative estimate of drug-likeness (QED) is 0.651. The summed E-state index contributed by atoms with van der Waals surface area (Å²) >= 11 is 5.82. The summed E-state index contributed by atoms with van der Waals surface area (Å²) in [6.45, 7) is 0.915. The van der Waals surface area contributed by atoms with Crippen LogP contribution in [0.15, 0.2) is 12.1 Å². The first-order valence-electron chi connectivity index (χ1n) is 5.23. The van der Waals surface area contributed by atoms with Crippen LogP contribution in [-0.4, -0.2) is 35.4 Å². The van der Waals surface area contributed by atoms with E-state index >= 15 is 0 Å². The van der Waals surface area contributed by atoms with E-state index in [2.05, 4.69) is 10.6 Å². The van der Waals surface area contributed by atoms with E-state index in [1.807, 2.05) is 0 Å². The standard InChI is InChI=1S/C11H14ClFN2O3/c1-6(17)15-11-9(12)2-7(3-10(11)13)14-4-8(18)5-16/h2-3,8,14,16,18H,4-5H2,1H3,(H,15,17). The van der Waals surface area contributed by atoms with Gasteiger partial charge in [-0.2, -0.15) is 0 Å². The molecule has 7 heteroatoms. The van der Waals surface area contributed by atoms with Crippen molar-refractivity contribution >= 4 is 28.9 Å². The molecule has 0 heterocycles. The zero-order valence-electron chi connectivity index (χ0n) is 9.70. The predicted octanol–water partition coefficient (Wildman–Crippen LogP) is 1.20. The van der Waals surface area contributed by atoms with Gasteiger partial charge in [-0.15, -0.1) is 0 Å². The Bertz CT molecular complexity index is 419. The summed E-state index contributed by atoms with van der Waals surface area (Å²) in [5.41, 5.74) is 0.261. The molecular formula is C11H14ClFN2O3. The predicted molar refractivity (Wildman–Crippen MR) is 67.3 cm³/mol. The van der Waals surface area contributed by atoms with E-state index in [0.717, 1.165) is 6.07 Å². The Hall–Kier alpha value is -1.37. The van der Waals surface area contributed by atoms with Crippen molar-refractivity contribution in [2.75, 3.05) is 23.8 Å². The van der Waals surface area contributed by atoms with Gasteiger partial charge in [0.2, 0.25) is 5.91 Å². The van der Waals surface area contributed by atoms with Crippen molar-refractivity contribution in [3.63, 3.8) is 0 Å². The maximum absolute atomic E-state index is 13.6. The minimum atomic E-state index is -0.943. The van der Waals surface area contributed by atoms with Crippen molar-refractivity contribution in [1.82, 2.24) is 0 Å². The molecule has 0 radical (unpaired) electrons. The summed E-state index contributed by atoms with van der Waals surface area (Å²) in [4.78, 5) is 10.8. The number of carbonyl (C=O) groups excluding carboxylic acids is 1. The number of rotatable bonds is 5. The topological polar surface area (TPSA) is 81.6 Å². The highest BCUT2D eigenvalue weighted by Gasteiger charge is 2.11. The number of amides is 1. The third-order valence-electron chi connectivity index (χ3n) is 2.10. The van der Waals surface area contributed by atoms with Crippen LogP contribution in [0, 0.1) is 5.82 Å². The normalized spacial score (nSPS) is 12.1. The molecule has 1 aromatic carbocycles. The molecule has 0 bridgehead atoms. The lowest BCUT2D eigenvalue weighted by atomic mass is 10.2. The van der Waals surface area contributed by atoms with Gasteiger partial charge in [0.05, 0.1) is 23.4 Å². The molecule has 1 atom stereocenters. The first-order chi connectivity index (χ1) is 8.43. The molecule has 4 N–H and O–H groups in total. The molecule has 0 aromatic heterocycles. The van der Waals surface area contributed by atoms with Gasteiger partial charge in [0, 0.05) is 19.2 Å². The van der Waals surface area contributed by atoms with Gasteiger partial charge in [-0.1, -0.05) is 11.6 Å². The summed E-state index contributed by atoms with van der Waals surface area (Å²) in [6.07, 6.45) is -0.943. The Kier molecular flexibility index (Phi) is 5.33. The summed E-state index contributed by atoms with van der Waals surface area (Å²) < 4.78 is 13.6. The minimum absolute atomic E-state index is 0.0474. The van der Waals surface area contributed by atoms with Crippen LogP contribution in [0.25, 0.3) is 0 Å². The molecule has 0 spiro atoms. The van der Waals surface area contributed by atoms with Gasteiger partial charge < -0.3 is 20.8 Å². The van der Waals surface area contributed by atoms with Gasteiger partial charge in [-0.3, -0.25) is 4.79 Å². The van der Waals surface area contributed by atoms with E-state index in [4.69, 9.17) is 21.8 Å². The Morgan fingerprint density at radius 2 is 2.22 bits per heavy atom. The van der Waals surface area contributed by atoms with Crippen LogP contribution in [0.5, 0.6) is 0 Å². The Morgan fingerprint density at radius 1 is 1.56 bits per heavy atom. The van der Waals surface area contributed by atoms with Gasteiger partial charge in [0.15, 0.2) is 0 Å². The number of halogens is 2. The second-order valence-corrected chi connectivity index (χ2v) is 4.12. The summed E-state index contributed by atoms with van der Waals surface area (Å²) in [7, 11) is 0. The number of anilines is 2. The smallest absolute Gasteiger partial charge is 0.221 e. The number of hydrogen-bond donors (Lipinski definition) is 4. The molecule has 100 valence electrons. The van der Waals surface area contributed by atoms with Crippen molar-refractivity contribution in [2.24, 2.45) is 0 Å². The lowest BCUT2D eigenvalue weighted by Crippen LogP contribution is -2.23. The van der Waals surface area contributed by atoms with E-state index in [0.29, 0.717) is 5.69 Å². The average molecular weight is 277 g/mol. The molecule has 0 saturated carbocycles. The molecule has 0 aliphatic heterocycles. The molecule has 1 rings (SSSR count). The van der Waals surface area contributed by atoms with Gasteiger partial charge in [0.1, 0.15) is 5.82 Å². The third-order valence-corrected chi connectivity index (χ3v) is 2.39. The van der Waals surface area contributed by atoms with Crippen molar-refractivity contribution in [2.45, 2.75) is 13.0 Å². The van der Waals surface area contributed by atoms with Gasteiger partial charge in [0.25, 0.3) is 0 Å². The SMILES string of the molecule is CC(=O)Nc1c(F)cc(NCC(O)CO)cc1Cl. The fourth-order valence-electron chi connectivity index (χ4n) is 1.27. The molecule has 0 fully saturated rings. The molecule has 1 aromatic rings. The Morgan fingerprint density at radius 3 is 2.72 bits per heavy atom. The zero-order chi connectivity index (χ0) is 13.7. The van der Waals surface area contributed by atoms with Crippen LogP contribution in [0.3, 0.4) is 0 Å². The first kappa shape index (κ1) is 14.7. The van der Waals surface area contributed by atoms with E-state index in [1.54, 1.807) is 0 Å². The minimum Gasteiger partial charge on any atom is -0.394 e. The van der Waals surface area contributed by atoms with E-state index in [9.17, 15) is 9.18 Å². The van der Waals surface area contributed by atoms with Gasteiger partial charge >= 0.3 is 0 Å². The third kappa shape index (κ3) is 4.14. The Labute approximate surface area is 109 Å². The molecular weight excluding hydrogens is 263 g/mol. The fourth-order valence-corrected chi connectivity index (χ4v) is 1.53. The number of hydrogen-bond acceptors (Lipinski definition) is 4. The van der Waals surface area contributed by atoms with E-state index < -0.39 is 24.4 Å².